The molecule has 0 aromatic carbocycles. The highest BCUT2D eigenvalue weighted by atomic mass is 16.4. The van der Waals surface area contributed by atoms with E-state index in [1.54, 1.807) is 0 Å². The Balaban J connectivity index is 1.50. The largest absolute Gasteiger partial charge is 0.481 e. The van der Waals surface area contributed by atoms with E-state index in [4.69, 9.17) is 0 Å². The first-order valence-corrected chi connectivity index (χ1v) is 13.1. The van der Waals surface area contributed by atoms with E-state index >= 15 is 0 Å². The fourth-order valence-electron chi connectivity index (χ4n) is 9.60. The number of rotatable bonds is 3. The van der Waals surface area contributed by atoms with Crippen molar-refractivity contribution >= 4 is 5.97 Å². The quantitative estimate of drug-likeness (QED) is 0.541. The summed E-state index contributed by atoms with van der Waals surface area (Å²) in [5.41, 5.74) is -0.105. The molecule has 0 spiro atoms. The number of aliphatic hydroxyl groups excluding tert-OH is 2. The van der Waals surface area contributed by atoms with Crippen LogP contribution >= 0.6 is 0 Å². The predicted molar refractivity (Wildman–Crippen MR) is 119 cm³/mol. The number of hydrogen-bond acceptors (Lipinski definition) is 4. The summed E-state index contributed by atoms with van der Waals surface area (Å²) in [5, 5.41) is 35.2. The number of nitrogens with one attached hydrogen (secondary N) is 1. The lowest BCUT2D eigenvalue weighted by molar-refractivity contribution is -0.174. The van der Waals surface area contributed by atoms with Crippen molar-refractivity contribution < 1.29 is 20.1 Å². The first-order chi connectivity index (χ1) is 14.7. The van der Waals surface area contributed by atoms with Crippen molar-refractivity contribution in [2.24, 2.45) is 40.4 Å². The Labute approximate surface area is 187 Å². The van der Waals surface area contributed by atoms with Crippen molar-refractivity contribution in [1.82, 2.24) is 5.32 Å². The molecule has 5 saturated carbocycles. The van der Waals surface area contributed by atoms with Crippen molar-refractivity contribution in [3.8, 4) is 0 Å². The third-order valence-electron chi connectivity index (χ3n) is 11.0. The lowest BCUT2D eigenvalue weighted by atomic mass is 9.43. The molecule has 5 heteroatoms. The van der Waals surface area contributed by atoms with Gasteiger partial charge in [0.25, 0.3) is 0 Å². The van der Waals surface area contributed by atoms with Crippen molar-refractivity contribution in [3.63, 3.8) is 0 Å². The van der Waals surface area contributed by atoms with Crippen molar-refractivity contribution in [3.05, 3.63) is 0 Å². The van der Waals surface area contributed by atoms with Gasteiger partial charge in [-0.25, -0.2) is 0 Å². The zero-order chi connectivity index (χ0) is 22.0. The molecule has 0 aromatic rings. The molecule has 10 atom stereocenters. The monoisotopic (exact) mass is 433 g/mol. The number of aliphatic hydroxyl groups is 2. The second kappa shape index (κ2) is 7.99. The van der Waals surface area contributed by atoms with E-state index in [1.165, 1.54) is 32.1 Å². The highest BCUT2D eigenvalue weighted by Crippen LogP contribution is 2.67. The number of carbonyl (C=O) groups is 1. The maximum atomic E-state index is 12.2. The van der Waals surface area contributed by atoms with Crippen LogP contribution in [0, 0.1) is 40.4 Å². The van der Waals surface area contributed by atoms with Crippen LogP contribution in [0.4, 0.5) is 0 Å². The van der Waals surface area contributed by atoms with Gasteiger partial charge in [0.2, 0.25) is 0 Å². The lowest BCUT2D eigenvalue weighted by Crippen LogP contribution is -2.64. The average molecular weight is 434 g/mol. The molecule has 5 unspecified atom stereocenters. The number of hydrogen-bond donors (Lipinski definition) is 4. The Hall–Kier alpha value is -0.650. The van der Waals surface area contributed by atoms with Gasteiger partial charge in [-0.3, -0.25) is 4.79 Å². The summed E-state index contributed by atoms with van der Waals surface area (Å²) in [5.74, 6) is 1.12. The molecule has 0 bridgehead atoms. The molecule has 0 aliphatic heterocycles. The molecule has 5 aliphatic carbocycles. The second-order valence-corrected chi connectivity index (χ2v) is 12.4. The highest BCUT2D eigenvalue weighted by Gasteiger charge is 2.65. The fourth-order valence-corrected chi connectivity index (χ4v) is 9.60. The molecule has 5 nitrogen and oxygen atoms in total. The zero-order valence-electron chi connectivity index (χ0n) is 19.4. The molecule has 4 N–H and O–H groups in total. The Morgan fingerprint density at radius 3 is 2.32 bits per heavy atom. The smallest absolute Gasteiger partial charge is 0.307 e. The van der Waals surface area contributed by atoms with Gasteiger partial charge in [-0.1, -0.05) is 33.1 Å². The minimum atomic E-state index is -0.626. The Morgan fingerprint density at radius 2 is 1.61 bits per heavy atom. The SMILES string of the molecule is C[C@]12CC(O)C(O)CC1CC[C@@H]1[C@H]2C(NC2CCCCC2)C[C@]2(C)C(C(=O)O)CC[C@@H]12. The summed E-state index contributed by atoms with van der Waals surface area (Å²) in [7, 11) is 0. The third-order valence-corrected chi connectivity index (χ3v) is 11.0. The topological polar surface area (TPSA) is 89.8 Å². The van der Waals surface area contributed by atoms with Crippen LogP contribution in [0.2, 0.25) is 0 Å². The highest BCUT2D eigenvalue weighted by molar-refractivity contribution is 5.71. The molecule has 0 saturated heterocycles. The summed E-state index contributed by atoms with van der Waals surface area (Å²) in [4.78, 5) is 12.2. The Morgan fingerprint density at radius 1 is 0.871 bits per heavy atom. The predicted octanol–water partition coefficient (Wildman–Crippen LogP) is 3.96. The maximum Gasteiger partial charge on any atom is 0.307 e. The third kappa shape index (κ3) is 3.49. The second-order valence-electron chi connectivity index (χ2n) is 12.4. The van der Waals surface area contributed by atoms with Crippen molar-refractivity contribution in [2.45, 2.75) is 115 Å². The average Bonchev–Trinajstić information content (AvgIpc) is 3.06. The Bertz CT molecular complexity index is 693. The van der Waals surface area contributed by atoms with Crippen LogP contribution in [0.15, 0.2) is 0 Å². The van der Waals surface area contributed by atoms with E-state index in [0.29, 0.717) is 42.2 Å². The summed E-state index contributed by atoms with van der Waals surface area (Å²) >= 11 is 0. The molecule has 5 rings (SSSR count). The molecule has 0 amide bonds. The van der Waals surface area contributed by atoms with E-state index < -0.39 is 18.2 Å². The summed E-state index contributed by atoms with van der Waals surface area (Å²) < 4.78 is 0. The van der Waals surface area contributed by atoms with Gasteiger partial charge < -0.3 is 20.6 Å². The summed E-state index contributed by atoms with van der Waals surface area (Å²) in [6.07, 6.45) is 11.7. The standard InChI is InChI=1S/C26H43NO4/c1-25-14-22(29)21(28)12-15(25)8-9-17-18-10-11-19(24(30)31)26(18,2)13-20(23(17)25)27-16-6-4-3-5-7-16/h15-23,27-29H,3-14H2,1-2H3,(H,30,31)/t15?,17-,18-,19?,20?,21?,22?,23-,25-,26-/m0/s1. The Kier molecular flexibility index (Phi) is 5.71. The summed E-state index contributed by atoms with van der Waals surface area (Å²) in [6.45, 7) is 4.68. The molecule has 0 aromatic heterocycles. The van der Waals surface area contributed by atoms with Crippen molar-refractivity contribution in [1.29, 1.82) is 0 Å². The molecule has 31 heavy (non-hydrogen) atoms. The van der Waals surface area contributed by atoms with Crippen LogP contribution in [-0.2, 0) is 4.79 Å². The molecule has 5 aliphatic rings. The first kappa shape index (κ1) is 22.2. The number of aliphatic carboxylic acids is 1. The zero-order valence-corrected chi connectivity index (χ0v) is 19.4. The van der Waals surface area contributed by atoms with Crippen LogP contribution in [0.5, 0.6) is 0 Å². The summed E-state index contributed by atoms with van der Waals surface area (Å²) in [6, 6.07) is 0.872. The van der Waals surface area contributed by atoms with E-state index in [9.17, 15) is 20.1 Å². The maximum absolute atomic E-state index is 12.2. The number of carboxylic acids is 1. The fraction of sp³-hybridized carbons (Fsp3) is 0.962. The van der Waals surface area contributed by atoms with E-state index in [0.717, 1.165) is 38.5 Å². The van der Waals surface area contributed by atoms with Crippen LogP contribution in [0.3, 0.4) is 0 Å². The van der Waals surface area contributed by atoms with Crippen LogP contribution < -0.4 is 5.32 Å². The molecular formula is C26H43NO4. The molecular weight excluding hydrogens is 390 g/mol. The van der Waals surface area contributed by atoms with Crippen LogP contribution in [0.1, 0.15) is 90.9 Å². The lowest BCUT2D eigenvalue weighted by Gasteiger charge is -2.64. The molecule has 176 valence electrons. The first-order valence-electron chi connectivity index (χ1n) is 13.1. The minimum absolute atomic E-state index is 0.0243. The molecule has 0 radical (unpaired) electrons. The van der Waals surface area contributed by atoms with E-state index in [1.807, 2.05) is 0 Å². The van der Waals surface area contributed by atoms with Gasteiger partial charge in [0.1, 0.15) is 0 Å². The minimum Gasteiger partial charge on any atom is -0.481 e. The van der Waals surface area contributed by atoms with Crippen LogP contribution in [-0.4, -0.2) is 45.6 Å². The normalized spacial score (nSPS) is 52.8. The van der Waals surface area contributed by atoms with Crippen molar-refractivity contribution in [2.75, 3.05) is 0 Å². The van der Waals surface area contributed by atoms with Crippen LogP contribution in [0.25, 0.3) is 0 Å². The van der Waals surface area contributed by atoms with Gasteiger partial charge in [-0.05, 0) is 92.3 Å². The van der Waals surface area contributed by atoms with Gasteiger partial charge in [-0.15, -0.1) is 0 Å². The van der Waals surface area contributed by atoms with Gasteiger partial charge >= 0.3 is 5.97 Å². The van der Waals surface area contributed by atoms with Gasteiger partial charge in [0, 0.05) is 12.1 Å². The number of fused-ring (bicyclic) bond motifs is 5. The van der Waals surface area contributed by atoms with E-state index in [2.05, 4.69) is 19.2 Å². The van der Waals surface area contributed by atoms with Gasteiger partial charge in [0.05, 0.1) is 18.1 Å². The molecule has 0 heterocycles. The molecule has 5 fully saturated rings. The van der Waals surface area contributed by atoms with E-state index in [-0.39, 0.29) is 16.7 Å². The van der Waals surface area contributed by atoms with Gasteiger partial charge in [0.15, 0.2) is 0 Å². The van der Waals surface area contributed by atoms with Gasteiger partial charge in [-0.2, -0.15) is 0 Å². The number of carboxylic acid groups (broad SMARTS) is 1.